The van der Waals surface area contributed by atoms with Crippen LogP contribution in [-0.2, 0) is 12.7 Å². The van der Waals surface area contributed by atoms with Gasteiger partial charge in [-0.25, -0.2) is 4.39 Å². The Balaban J connectivity index is 2.05. The molecule has 100 valence electrons. The molecule has 0 saturated heterocycles. The predicted octanol–water partition coefficient (Wildman–Crippen LogP) is 3.88. The largest absolute Gasteiger partial charge is 0.416 e. The maximum Gasteiger partial charge on any atom is 0.416 e. The average Bonchev–Trinajstić information content (AvgIpc) is 2.77. The third kappa shape index (κ3) is 3.45. The van der Waals surface area contributed by atoms with Gasteiger partial charge in [-0.05, 0) is 36.6 Å². The van der Waals surface area contributed by atoms with Crippen molar-refractivity contribution < 1.29 is 17.6 Å². The molecule has 1 aromatic rings. The molecule has 0 radical (unpaired) electrons. The second-order valence-electron chi connectivity index (χ2n) is 4.71. The van der Waals surface area contributed by atoms with Crippen LogP contribution >= 0.6 is 0 Å². The van der Waals surface area contributed by atoms with E-state index in [9.17, 15) is 17.6 Å². The molecule has 0 spiro atoms. The van der Waals surface area contributed by atoms with Gasteiger partial charge in [0.05, 0.1) is 5.56 Å². The molecule has 1 saturated carbocycles. The van der Waals surface area contributed by atoms with Gasteiger partial charge in [0.1, 0.15) is 5.82 Å². The Morgan fingerprint density at radius 1 is 1.11 bits per heavy atom. The lowest BCUT2D eigenvalue weighted by Gasteiger charge is -2.13. The summed E-state index contributed by atoms with van der Waals surface area (Å²) in [5.41, 5.74) is -0.583. The molecule has 1 nitrogen and oxygen atoms in total. The Hall–Kier alpha value is -1.10. The van der Waals surface area contributed by atoms with Gasteiger partial charge in [0, 0.05) is 12.6 Å². The minimum Gasteiger partial charge on any atom is -0.310 e. The molecule has 1 aliphatic carbocycles. The van der Waals surface area contributed by atoms with Crippen LogP contribution in [-0.4, -0.2) is 6.04 Å². The summed E-state index contributed by atoms with van der Waals surface area (Å²) in [5.74, 6) is -0.840. The van der Waals surface area contributed by atoms with E-state index in [1.165, 1.54) is 0 Å². The second-order valence-corrected chi connectivity index (χ2v) is 4.71. The summed E-state index contributed by atoms with van der Waals surface area (Å²) in [6.45, 7) is 0.283. The van der Waals surface area contributed by atoms with E-state index in [1.54, 1.807) is 0 Å². The van der Waals surface area contributed by atoms with Gasteiger partial charge in [-0.2, -0.15) is 13.2 Å². The van der Waals surface area contributed by atoms with Crippen molar-refractivity contribution in [1.82, 2.24) is 5.32 Å². The maximum atomic E-state index is 13.1. The monoisotopic (exact) mass is 261 g/mol. The highest BCUT2D eigenvalue weighted by Gasteiger charge is 2.31. The van der Waals surface area contributed by atoms with E-state index in [0.29, 0.717) is 17.7 Å². The molecule has 1 fully saturated rings. The SMILES string of the molecule is Fc1cc(CNC2CCCC2)cc(C(F)(F)F)c1. The van der Waals surface area contributed by atoms with Crippen molar-refractivity contribution in [2.45, 2.75) is 44.4 Å². The van der Waals surface area contributed by atoms with Crippen molar-refractivity contribution in [3.05, 3.63) is 35.1 Å². The molecule has 1 N–H and O–H groups in total. The van der Waals surface area contributed by atoms with E-state index in [0.717, 1.165) is 37.8 Å². The molecule has 0 amide bonds. The fourth-order valence-electron chi connectivity index (χ4n) is 2.31. The summed E-state index contributed by atoms with van der Waals surface area (Å²) in [6, 6.07) is 3.03. The second kappa shape index (κ2) is 5.26. The minimum atomic E-state index is -4.50. The number of alkyl halides is 3. The number of hydrogen-bond acceptors (Lipinski definition) is 1. The van der Waals surface area contributed by atoms with E-state index < -0.39 is 17.6 Å². The van der Waals surface area contributed by atoms with Crippen LogP contribution in [0.25, 0.3) is 0 Å². The topological polar surface area (TPSA) is 12.0 Å². The Morgan fingerprint density at radius 3 is 2.39 bits per heavy atom. The van der Waals surface area contributed by atoms with Gasteiger partial charge in [-0.1, -0.05) is 12.8 Å². The van der Waals surface area contributed by atoms with Gasteiger partial charge in [0.15, 0.2) is 0 Å². The van der Waals surface area contributed by atoms with Crippen molar-refractivity contribution in [3.63, 3.8) is 0 Å². The van der Waals surface area contributed by atoms with Crippen molar-refractivity contribution in [2.75, 3.05) is 0 Å². The Labute approximate surface area is 103 Å². The van der Waals surface area contributed by atoms with Gasteiger partial charge in [-0.15, -0.1) is 0 Å². The summed E-state index contributed by atoms with van der Waals surface area (Å²) in [6.07, 6.45) is -0.115. The highest BCUT2D eigenvalue weighted by Crippen LogP contribution is 2.30. The fourth-order valence-corrected chi connectivity index (χ4v) is 2.31. The lowest BCUT2D eigenvalue weighted by atomic mass is 10.1. The zero-order valence-electron chi connectivity index (χ0n) is 9.86. The molecule has 2 rings (SSSR count). The molecule has 0 bridgehead atoms. The van der Waals surface area contributed by atoms with Crippen LogP contribution in [0.4, 0.5) is 17.6 Å². The number of halogens is 4. The summed E-state index contributed by atoms with van der Waals surface area (Å²) in [7, 11) is 0. The number of nitrogens with one attached hydrogen (secondary N) is 1. The Morgan fingerprint density at radius 2 is 1.78 bits per heavy atom. The first-order valence-electron chi connectivity index (χ1n) is 6.05. The highest BCUT2D eigenvalue weighted by molar-refractivity contribution is 5.26. The maximum absolute atomic E-state index is 13.1. The van der Waals surface area contributed by atoms with E-state index >= 15 is 0 Å². The Kier molecular flexibility index (Phi) is 3.90. The normalized spacial score (nSPS) is 17.3. The molecule has 0 atom stereocenters. The van der Waals surface area contributed by atoms with Gasteiger partial charge in [0.25, 0.3) is 0 Å². The highest BCUT2D eigenvalue weighted by atomic mass is 19.4. The molecule has 0 heterocycles. The van der Waals surface area contributed by atoms with Crippen LogP contribution in [0.15, 0.2) is 18.2 Å². The smallest absolute Gasteiger partial charge is 0.310 e. The van der Waals surface area contributed by atoms with Crippen molar-refractivity contribution in [1.29, 1.82) is 0 Å². The summed E-state index contributed by atoms with van der Waals surface area (Å²) >= 11 is 0. The minimum absolute atomic E-state index is 0.283. The van der Waals surface area contributed by atoms with E-state index in [-0.39, 0.29) is 6.54 Å². The van der Waals surface area contributed by atoms with E-state index in [1.807, 2.05) is 0 Å². The van der Waals surface area contributed by atoms with Gasteiger partial charge < -0.3 is 5.32 Å². The van der Waals surface area contributed by atoms with Crippen LogP contribution in [0.3, 0.4) is 0 Å². The molecule has 0 aromatic heterocycles. The number of rotatable bonds is 3. The van der Waals surface area contributed by atoms with Crippen LogP contribution in [0.1, 0.15) is 36.8 Å². The quantitative estimate of drug-likeness (QED) is 0.814. The lowest BCUT2D eigenvalue weighted by Crippen LogP contribution is -2.25. The van der Waals surface area contributed by atoms with Crippen LogP contribution in [0.5, 0.6) is 0 Å². The third-order valence-corrected chi connectivity index (χ3v) is 3.23. The van der Waals surface area contributed by atoms with Crippen molar-refractivity contribution >= 4 is 0 Å². The average molecular weight is 261 g/mol. The van der Waals surface area contributed by atoms with Gasteiger partial charge >= 0.3 is 6.18 Å². The zero-order valence-corrected chi connectivity index (χ0v) is 9.86. The van der Waals surface area contributed by atoms with Crippen LogP contribution in [0, 0.1) is 5.82 Å². The molecule has 1 aliphatic rings. The van der Waals surface area contributed by atoms with Crippen LogP contribution in [0.2, 0.25) is 0 Å². The molecule has 1 aromatic carbocycles. The summed E-state index contributed by atoms with van der Waals surface area (Å²) < 4.78 is 50.6. The molecule has 0 unspecified atom stereocenters. The first kappa shape index (κ1) is 13.3. The summed E-state index contributed by atoms with van der Waals surface area (Å²) in [4.78, 5) is 0. The molecule has 18 heavy (non-hydrogen) atoms. The van der Waals surface area contributed by atoms with E-state index in [2.05, 4.69) is 5.32 Å². The molecular formula is C13H15F4N. The number of hydrogen-bond donors (Lipinski definition) is 1. The lowest BCUT2D eigenvalue weighted by molar-refractivity contribution is -0.137. The summed E-state index contributed by atoms with van der Waals surface area (Å²) in [5, 5.41) is 3.17. The van der Waals surface area contributed by atoms with Crippen molar-refractivity contribution in [3.8, 4) is 0 Å². The molecular weight excluding hydrogens is 246 g/mol. The van der Waals surface area contributed by atoms with E-state index in [4.69, 9.17) is 0 Å². The third-order valence-electron chi connectivity index (χ3n) is 3.23. The first-order chi connectivity index (χ1) is 8.45. The first-order valence-corrected chi connectivity index (χ1v) is 6.05. The number of benzene rings is 1. The standard InChI is InChI=1S/C13H15F4N/c14-11-6-9(5-10(7-11)13(15,16)17)8-18-12-3-1-2-4-12/h5-7,12,18H,1-4,8H2. The van der Waals surface area contributed by atoms with Crippen molar-refractivity contribution in [2.24, 2.45) is 0 Å². The zero-order chi connectivity index (χ0) is 13.2. The fraction of sp³-hybridized carbons (Fsp3) is 0.538. The predicted molar refractivity (Wildman–Crippen MR) is 60.5 cm³/mol. The molecule has 0 aliphatic heterocycles. The Bertz CT molecular complexity index is 408. The van der Waals surface area contributed by atoms with Gasteiger partial charge in [-0.3, -0.25) is 0 Å². The van der Waals surface area contributed by atoms with Crippen LogP contribution < -0.4 is 5.32 Å². The van der Waals surface area contributed by atoms with Gasteiger partial charge in [0.2, 0.25) is 0 Å². The molecule has 5 heteroatoms.